The molecule has 1 aromatic heterocycles. The van der Waals surface area contributed by atoms with E-state index in [4.69, 9.17) is 0 Å². The highest BCUT2D eigenvalue weighted by Crippen LogP contribution is 2.31. The first-order valence-electron chi connectivity index (χ1n) is 8.86. The van der Waals surface area contributed by atoms with Gasteiger partial charge in [-0.1, -0.05) is 18.2 Å². The molecule has 2 atom stereocenters. The highest BCUT2D eigenvalue weighted by Gasteiger charge is 2.40. The number of hydrogen-bond acceptors (Lipinski definition) is 6. The number of aliphatic hydroxyl groups is 1. The van der Waals surface area contributed by atoms with Crippen LogP contribution in [0.15, 0.2) is 24.4 Å². The van der Waals surface area contributed by atoms with Crippen molar-refractivity contribution in [3.05, 3.63) is 41.2 Å². The van der Waals surface area contributed by atoms with Gasteiger partial charge in [-0.25, -0.2) is 4.68 Å². The van der Waals surface area contributed by atoms with Crippen molar-refractivity contribution in [2.75, 3.05) is 0 Å². The highest BCUT2D eigenvalue weighted by atomic mass is 16.3. The minimum Gasteiger partial charge on any atom is -0.387 e. The van der Waals surface area contributed by atoms with E-state index < -0.39 is 18.1 Å². The van der Waals surface area contributed by atoms with Crippen molar-refractivity contribution in [3.8, 4) is 5.69 Å². The number of fused-ring (bicyclic) bond motifs is 1. The Morgan fingerprint density at radius 2 is 2.15 bits per heavy atom. The van der Waals surface area contributed by atoms with Gasteiger partial charge >= 0.3 is 0 Å². The number of hydrogen-bond donors (Lipinski definition) is 2. The minimum atomic E-state index is -0.697. The molecule has 0 bridgehead atoms. The topological polar surface area (TPSA) is 117 Å². The van der Waals surface area contributed by atoms with Crippen LogP contribution in [0.4, 0.5) is 0 Å². The number of nitrogens with zero attached hydrogens (tertiary/aromatic N) is 4. The standard InChI is InChI=1S/C18H19N5O4/c1-2-15(24)12-9-23(21-20-12)13-5-3-4-10-11(13)8-22(18(10)27)14-6-7-16(25)19-17(14)26/h3-5,9,14-15,24H,2,6-8H2,1H3,(H,19,25,26). The van der Waals surface area contributed by atoms with Crippen LogP contribution in [-0.4, -0.2) is 48.8 Å². The molecule has 2 aliphatic heterocycles. The number of piperidine rings is 1. The number of carbonyl (C=O) groups is 3. The van der Waals surface area contributed by atoms with E-state index in [2.05, 4.69) is 15.6 Å². The molecule has 2 unspecified atom stereocenters. The summed E-state index contributed by atoms with van der Waals surface area (Å²) in [6.45, 7) is 2.10. The van der Waals surface area contributed by atoms with Gasteiger partial charge in [0.25, 0.3) is 5.91 Å². The quantitative estimate of drug-likeness (QED) is 0.757. The van der Waals surface area contributed by atoms with Gasteiger partial charge < -0.3 is 10.0 Å². The zero-order valence-corrected chi connectivity index (χ0v) is 14.8. The molecule has 9 nitrogen and oxygen atoms in total. The van der Waals surface area contributed by atoms with Gasteiger partial charge in [0.1, 0.15) is 11.7 Å². The maximum atomic E-state index is 12.8. The average Bonchev–Trinajstić information content (AvgIpc) is 3.27. The maximum Gasteiger partial charge on any atom is 0.255 e. The summed E-state index contributed by atoms with van der Waals surface area (Å²) >= 11 is 0. The van der Waals surface area contributed by atoms with Crippen LogP contribution < -0.4 is 5.32 Å². The van der Waals surface area contributed by atoms with Crippen molar-refractivity contribution < 1.29 is 19.5 Å². The van der Waals surface area contributed by atoms with Gasteiger partial charge in [-0.15, -0.1) is 5.10 Å². The second-order valence-corrected chi connectivity index (χ2v) is 6.72. The van der Waals surface area contributed by atoms with Gasteiger partial charge in [0.2, 0.25) is 11.8 Å². The molecule has 140 valence electrons. The molecule has 1 fully saturated rings. The number of rotatable bonds is 4. The summed E-state index contributed by atoms with van der Waals surface area (Å²) in [6, 6.07) is 4.61. The molecule has 1 saturated heterocycles. The molecule has 2 aromatic rings. The molecule has 0 saturated carbocycles. The Morgan fingerprint density at radius 3 is 2.89 bits per heavy atom. The minimum absolute atomic E-state index is 0.213. The molecule has 0 radical (unpaired) electrons. The lowest BCUT2D eigenvalue weighted by Crippen LogP contribution is -2.52. The molecular formula is C18H19N5O4. The van der Waals surface area contributed by atoms with E-state index in [1.165, 1.54) is 9.58 Å². The number of nitrogens with one attached hydrogen (secondary N) is 1. The van der Waals surface area contributed by atoms with E-state index in [9.17, 15) is 19.5 Å². The number of aromatic nitrogens is 3. The first kappa shape index (κ1) is 17.3. The Bertz CT molecular complexity index is 938. The Kier molecular flexibility index (Phi) is 4.23. The molecule has 0 aliphatic carbocycles. The third kappa shape index (κ3) is 2.89. The lowest BCUT2D eigenvalue weighted by Gasteiger charge is -2.29. The maximum absolute atomic E-state index is 12.8. The summed E-state index contributed by atoms with van der Waals surface area (Å²) in [4.78, 5) is 37.9. The van der Waals surface area contributed by atoms with Crippen LogP contribution in [-0.2, 0) is 16.1 Å². The van der Waals surface area contributed by atoms with Gasteiger partial charge in [0, 0.05) is 24.1 Å². The van der Waals surface area contributed by atoms with Crippen molar-refractivity contribution in [1.82, 2.24) is 25.2 Å². The third-order valence-corrected chi connectivity index (χ3v) is 5.04. The molecule has 27 heavy (non-hydrogen) atoms. The van der Waals surface area contributed by atoms with E-state index in [0.717, 1.165) is 5.56 Å². The lowest BCUT2D eigenvalue weighted by atomic mass is 10.0. The Morgan fingerprint density at radius 1 is 1.33 bits per heavy atom. The van der Waals surface area contributed by atoms with Gasteiger partial charge in [-0.05, 0) is 25.0 Å². The largest absolute Gasteiger partial charge is 0.387 e. The number of amides is 3. The third-order valence-electron chi connectivity index (χ3n) is 5.04. The Labute approximate surface area is 155 Å². The van der Waals surface area contributed by atoms with Crippen LogP contribution >= 0.6 is 0 Å². The molecule has 3 heterocycles. The molecule has 9 heteroatoms. The second kappa shape index (κ2) is 6.58. The zero-order chi connectivity index (χ0) is 19.1. The summed E-state index contributed by atoms with van der Waals surface area (Å²) in [5.74, 6) is -0.996. The van der Waals surface area contributed by atoms with Crippen LogP contribution in [0.3, 0.4) is 0 Å². The molecule has 0 spiro atoms. The van der Waals surface area contributed by atoms with E-state index in [1.807, 2.05) is 13.0 Å². The van der Waals surface area contributed by atoms with E-state index in [1.54, 1.807) is 18.3 Å². The molecular weight excluding hydrogens is 350 g/mol. The van der Waals surface area contributed by atoms with E-state index in [0.29, 0.717) is 29.8 Å². The first-order valence-corrected chi connectivity index (χ1v) is 8.86. The van der Waals surface area contributed by atoms with Gasteiger partial charge in [-0.2, -0.15) is 0 Å². The molecule has 2 aliphatic rings. The summed E-state index contributed by atoms with van der Waals surface area (Å²) < 4.78 is 1.54. The summed E-state index contributed by atoms with van der Waals surface area (Å²) in [7, 11) is 0. The molecule has 4 rings (SSSR count). The predicted octanol–water partition coefficient (Wildman–Crippen LogP) is 0.472. The van der Waals surface area contributed by atoms with Crippen LogP contribution in [0.2, 0.25) is 0 Å². The Balaban J connectivity index is 1.66. The summed E-state index contributed by atoms with van der Waals surface area (Å²) in [5, 5.41) is 20.3. The van der Waals surface area contributed by atoms with E-state index >= 15 is 0 Å². The van der Waals surface area contributed by atoms with Crippen molar-refractivity contribution in [3.63, 3.8) is 0 Å². The van der Waals surface area contributed by atoms with Crippen LogP contribution in [0.1, 0.15) is 53.9 Å². The van der Waals surface area contributed by atoms with Crippen molar-refractivity contribution >= 4 is 17.7 Å². The number of aliphatic hydroxyl groups excluding tert-OH is 1. The molecule has 3 amide bonds. The number of carbonyl (C=O) groups excluding carboxylic acids is 3. The smallest absolute Gasteiger partial charge is 0.255 e. The van der Waals surface area contributed by atoms with E-state index in [-0.39, 0.29) is 24.8 Å². The number of benzene rings is 1. The summed E-state index contributed by atoms with van der Waals surface area (Å²) in [6.07, 6.45) is 1.99. The fourth-order valence-electron chi connectivity index (χ4n) is 3.54. The highest BCUT2D eigenvalue weighted by molar-refractivity contribution is 6.05. The van der Waals surface area contributed by atoms with Gasteiger partial charge in [-0.3, -0.25) is 19.7 Å². The Hall–Kier alpha value is -3.07. The van der Waals surface area contributed by atoms with Crippen molar-refractivity contribution in [1.29, 1.82) is 0 Å². The zero-order valence-electron chi connectivity index (χ0n) is 14.8. The number of imide groups is 1. The SMILES string of the molecule is CCC(O)c1cn(-c2cccc3c2CN(C2CCC(=O)NC2=O)C3=O)nn1. The fraction of sp³-hybridized carbons (Fsp3) is 0.389. The summed E-state index contributed by atoms with van der Waals surface area (Å²) in [5.41, 5.74) is 2.39. The van der Waals surface area contributed by atoms with Crippen LogP contribution in [0.25, 0.3) is 5.69 Å². The van der Waals surface area contributed by atoms with Crippen molar-refractivity contribution in [2.45, 2.75) is 44.9 Å². The first-order chi connectivity index (χ1) is 13.0. The average molecular weight is 369 g/mol. The fourth-order valence-corrected chi connectivity index (χ4v) is 3.54. The second-order valence-electron chi connectivity index (χ2n) is 6.72. The molecule has 1 aromatic carbocycles. The predicted molar refractivity (Wildman–Crippen MR) is 92.7 cm³/mol. The lowest BCUT2D eigenvalue weighted by molar-refractivity contribution is -0.136. The van der Waals surface area contributed by atoms with Crippen LogP contribution in [0, 0.1) is 0 Å². The normalized spacial score (nSPS) is 20.6. The molecule has 2 N–H and O–H groups in total. The monoisotopic (exact) mass is 369 g/mol. The van der Waals surface area contributed by atoms with Crippen molar-refractivity contribution in [2.24, 2.45) is 0 Å². The van der Waals surface area contributed by atoms with Gasteiger partial charge in [0.05, 0.1) is 18.0 Å². The van der Waals surface area contributed by atoms with Gasteiger partial charge in [0.15, 0.2) is 0 Å². The van der Waals surface area contributed by atoms with Crippen LogP contribution in [0.5, 0.6) is 0 Å².